The van der Waals surface area contributed by atoms with Crippen LogP contribution >= 0.6 is 11.3 Å². The van der Waals surface area contributed by atoms with Crippen molar-refractivity contribution in [2.24, 2.45) is 0 Å². The first-order chi connectivity index (χ1) is 10.7. The molecule has 0 saturated carbocycles. The predicted molar refractivity (Wildman–Crippen MR) is 81.7 cm³/mol. The standard InChI is InChI=1S/C15H12N2O4S/c1-20-9-5-2-3-6-10(9)21-12-14(18)16-13(17-15(12)19)11-7-4-8-22-11/h2-8H,1H3,(H2,16,17,18,19). The van der Waals surface area contributed by atoms with Crippen LogP contribution in [0.15, 0.2) is 41.8 Å². The minimum absolute atomic E-state index is 0.218. The van der Waals surface area contributed by atoms with E-state index in [0.29, 0.717) is 11.5 Å². The number of hydrogen-bond donors (Lipinski definition) is 2. The molecule has 0 amide bonds. The number of para-hydroxylation sites is 2. The highest BCUT2D eigenvalue weighted by molar-refractivity contribution is 7.13. The second kappa shape index (κ2) is 5.90. The van der Waals surface area contributed by atoms with Gasteiger partial charge < -0.3 is 19.7 Å². The van der Waals surface area contributed by atoms with Gasteiger partial charge in [-0.3, -0.25) is 0 Å². The highest BCUT2D eigenvalue weighted by Crippen LogP contribution is 2.40. The number of benzene rings is 1. The average Bonchev–Trinajstić information content (AvgIpc) is 3.05. The maximum Gasteiger partial charge on any atom is 0.263 e. The summed E-state index contributed by atoms with van der Waals surface area (Å²) in [5, 5.41) is 21.9. The van der Waals surface area contributed by atoms with Gasteiger partial charge in [0.2, 0.25) is 0 Å². The van der Waals surface area contributed by atoms with Gasteiger partial charge in [-0.1, -0.05) is 18.2 Å². The molecule has 1 aromatic carbocycles. The first-order valence-corrected chi connectivity index (χ1v) is 7.21. The Bertz CT molecular complexity index is 767. The number of thiophene rings is 1. The van der Waals surface area contributed by atoms with Gasteiger partial charge in [-0.05, 0) is 23.6 Å². The van der Waals surface area contributed by atoms with Crippen LogP contribution < -0.4 is 9.47 Å². The Morgan fingerprint density at radius 1 is 0.955 bits per heavy atom. The molecule has 0 unspecified atom stereocenters. The minimum atomic E-state index is -0.443. The number of aromatic nitrogens is 2. The molecule has 0 atom stereocenters. The van der Waals surface area contributed by atoms with Crippen LogP contribution in [-0.4, -0.2) is 27.3 Å². The van der Waals surface area contributed by atoms with Crippen LogP contribution in [0.4, 0.5) is 0 Å². The van der Waals surface area contributed by atoms with Crippen molar-refractivity contribution in [2.45, 2.75) is 0 Å². The van der Waals surface area contributed by atoms with Gasteiger partial charge >= 0.3 is 0 Å². The highest BCUT2D eigenvalue weighted by atomic mass is 32.1. The molecule has 3 rings (SSSR count). The van der Waals surface area contributed by atoms with E-state index in [1.54, 1.807) is 30.3 Å². The van der Waals surface area contributed by atoms with E-state index in [1.165, 1.54) is 18.4 Å². The summed E-state index contributed by atoms with van der Waals surface area (Å²) in [6.45, 7) is 0. The molecule has 0 radical (unpaired) electrons. The zero-order valence-electron chi connectivity index (χ0n) is 11.6. The summed E-state index contributed by atoms with van der Waals surface area (Å²) >= 11 is 1.40. The van der Waals surface area contributed by atoms with Crippen molar-refractivity contribution >= 4 is 11.3 Å². The van der Waals surface area contributed by atoms with E-state index >= 15 is 0 Å². The van der Waals surface area contributed by atoms with Crippen molar-refractivity contribution in [2.75, 3.05) is 7.11 Å². The zero-order chi connectivity index (χ0) is 15.5. The van der Waals surface area contributed by atoms with Gasteiger partial charge in [-0.2, -0.15) is 9.97 Å². The van der Waals surface area contributed by atoms with Gasteiger partial charge in [0, 0.05) is 0 Å². The number of hydrogen-bond acceptors (Lipinski definition) is 7. The number of methoxy groups -OCH3 is 1. The molecule has 0 fully saturated rings. The quantitative estimate of drug-likeness (QED) is 0.767. The lowest BCUT2D eigenvalue weighted by Crippen LogP contribution is -1.95. The van der Waals surface area contributed by atoms with Gasteiger partial charge in [-0.15, -0.1) is 11.3 Å². The largest absolute Gasteiger partial charge is 0.493 e. The number of aromatic hydroxyl groups is 2. The van der Waals surface area contributed by atoms with Crippen LogP contribution in [0, 0.1) is 0 Å². The molecule has 0 aliphatic heterocycles. The third-order valence-corrected chi connectivity index (χ3v) is 3.72. The maximum absolute atomic E-state index is 10.0. The maximum atomic E-state index is 10.0. The van der Waals surface area contributed by atoms with E-state index in [9.17, 15) is 10.2 Å². The summed E-state index contributed by atoms with van der Waals surface area (Å²) in [4.78, 5) is 8.65. The van der Waals surface area contributed by atoms with E-state index in [0.717, 1.165) is 4.88 Å². The van der Waals surface area contributed by atoms with Crippen LogP contribution in [0.25, 0.3) is 10.7 Å². The van der Waals surface area contributed by atoms with Crippen LogP contribution in [0.5, 0.6) is 29.0 Å². The fraction of sp³-hybridized carbons (Fsp3) is 0.0667. The Hall–Kier alpha value is -2.80. The van der Waals surface area contributed by atoms with Crippen molar-refractivity contribution < 1.29 is 19.7 Å². The van der Waals surface area contributed by atoms with Crippen molar-refractivity contribution in [1.29, 1.82) is 0 Å². The Labute approximate surface area is 130 Å². The van der Waals surface area contributed by atoms with Crippen LogP contribution in [0.3, 0.4) is 0 Å². The molecule has 112 valence electrons. The Morgan fingerprint density at radius 3 is 2.23 bits per heavy atom. The molecule has 22 heavy (non-hydrogen) atoms. The smallest absolute Gasteiger partial charge is 0.263 e. The van der Waals surface area contributed by atoms with E-state index in [1.807, 2.05) is 11.4 Å². The van der Waals surface area contributed by atoms with Gasteiger partial charge in [0.05, 0.1) is 12.0 Å². The molecule has 0 bridgehead atoms. The second-order valence-electron chi connectivity index (χ2n) is 4.25. The number of rotatable bonds is 4. The third kappa shape index (κ3) is 2.66. The first-order valence-electron chi connectivity index (χ1n) is 6.33. The summed E-state index contributed by atoms with van der Waals surface area (Å²) in [7, 11) is 1.50. The van der Waals surface area contributed by atoms with Gasteiger partial charge in [-0.25, -0.2) is 0 Å². The summed E-state index contributed by atoms with van der Waals surface area (Å²) in [5.74, 6) is -0.0718. The van der Waals surface area contributed by atoms with Crippen molar-refractivity contribution in [3.05, 3.63) is 41.8 Å². The molecule has 7 heteroatoms. The van der Waals surface area contributed by atoms with Gasteiger partial charge in [0.15, 0.2) is 17.3 Å². The van der Waals surface area contributed by atoms with Crippen molar-refractivity contribution in [3.63, 3.8) is 0 Å². The lowest BCUT2D eigenvalue weighted by atomic mass is 10.3. The fourth-order valence-corrected chi connectivity index (χ4v) is 2.51. The summed E-state index contributed by atoms with van der Waals surface area (Å²) in [6.07, 6.45) is 0. The molecule has 2 aromatic heterocycles. The van der Waals surface area contributed by atoms with Crippen molar-refractivity contribution in [1.82, 2.24) is 9.97 Å². The second-order valence-corrected chi connectivity index (χ2v) is 5.20. The Balaban J connectivity index is 1.98. The fourth-order valence-electron chi connectivity index (χ4n) is 1.85. The molecule has 3 aromatic rings. The summed E-state index contributed by atoms with van der Waals surface area (Å²) in [6, 6.07) is 10.5. The van der Waals surface area contributed by atoms with Crippen molar-refractivity contribution in [3.8, 4) is 39.7 Å². The average molecular weight is 316 g/mol. The highest BCUT2D eigenvalue weighted by Gasteiger charge is 2.18. The van der Waals surface area contributed by atoms with E-state index in [2.05, 4.69) is 9.97 Å². The first kappa shape index (κ1) is 14.2. The zero-order valence-corrected chi connectivity index (χ0v) is 12.4. The van der Waals surface area contributed by atoms with Crippen LogP contribution in [0.1, 0.15) is 0 Å². The number of nitrogens with zero attached hydrogens (tertiary/aromatic N) is 2. The molecule has 2 heterocycles. The molecule has 0 saturated heterocycles. The topological polar surface area (TPSA) is 84.7 Å². The molecular formula is C15H12N2O4S. The Morgan fingerprint density at radius 2 is 1.64 bits per heavy atom. The summed E-state index contributed by atoms with van der Waals surface area (Å²) in [5.41, 5.74) is 0. The molecule has 0 aliphatic carbocycles. The predicted octanol–water partition coefficient (Wildman–Crippen LogP) is 3.42. The molecule has 0 aliphatic rings. The lowest BCUT2D eigenvalue weighted by Gasteiger charge is -2.11. The van der Waals surface area contributed by atoms with E-state index in [4.69, 9.17) is 9.47 Å². The van der Waals surface area contributed by atoms with Gasteiger partial charge in [0.1, 0.15) is 0 Å². The number of ether oxygens (including phenoxy) is 2. The third-order valence-electron chi connectivity index (χ3n) is 2.85. The SMILES string of the molecule is COc1ccccc1Oc1c(O)nc(-c2cccs2)nc1O. The molecule has 0 spiro atoms. The summed E-state index contributed by atoms with van der Waals surface area (Å²) < 4.78 is 10.6. The molecule has 6 nitrogen and oxygen atoms in total. The molecule has 2 N–H and O–H groups in total. The monoisotopic (exact) mass is 316 g/mol. The molecular weight excluding hydrogens is 304 g/mol. The normalized spacial score (nSPS) is 10.4. The van der Waals surface area contributed by atoms with Crippen LogP contribution in [0.2, 0.25) is 0 Å². The van der Waals surface area contributed by atoms with E-state index in [-0.39, 0.29) is 11.6 Å². The minimum Gasteiger partial charge on any atom is -0.493 e. The van der Waals surface area contributed by atoms with Gasteiger partial charge in [0.25, 0.3) is 17.5 Å². The van der Waals surface area contributed by atoms with E-state index < -0.39 is 11.8 Å². The lowest BCUT2D eigenvalue weighted by molar-refractivity contribution is 0.337. The Kier molecular flexibility index (Phi) is 3.80. The van der Waals surface area contributed by atoms with Crippen LogP contribution in [-0.2, 0) is 0 Å².